The van der Waals surface area contributed by atoms with Crippen LogP contribution in [0.1, 0.15) is 12.5 Å². The number of rotatable bonds is 4. The van der Waals surface area contributed by atoms with Crippen LogP contribution in [0, 0.1) is 0 Å². The zero-order valence-electron chi connectivity index (χ0n) is 8.13. The third kappa shape index (κ3) is 3.05. The lowest BCUT2D eigenvalue weighted by atomic mass is 10.2. The Hall–Kier alpha value is -0.990. The number of halogens is 1. The quantitative estimate of drug-likeness (QED) is 0.751. The van der Waals surface area contributed by atoms with Crippen molar-refractivity contribution in [2.75, 3.05) is 0 Å². The van der Waals surface area contributed by atoms with Gasteiger partial charge in [-0.15, -0.1) is 6.58 Å². The highest BCUT2D eigenvalue weighted by atomic mass is 35.5. The second-order valence-corrected chi connectivity index (χ2v) is 3.60. The molecule has 1 aromatic carbocycles. The van der Waals surface area contributed by atoms with Gasteiger partial charge >= 0.3 is 0 Å². The molecule has 0 amide bonds. The molecule has 1 rings (SSSR count). The van der Waals surface area contributed by atoms with Crippen LogP contribution in [0.15, 0.2) is 30.9 Å². The van der Waals surface area contributed by atoms with E-state index in [1.807, 2.05) is 19.1 Å². The van der Waals surface area contributed by atoms with Gasteiger partial charge in [0.05, 0.1) is 5.02 Å². The van der Waals surface area contributed by atoms with Crippen LogP contribution >= 0.6 is 11.6 Å². The zero-order chi connectivity index (χ0) is 10.6. The summed E-state index contributed by atoms with van der Waals surface area (Å²) in [5, 5.41) is 12.8. The number of aromatic hydroxyl groups is 1. The van der Waals surface area contributed by atoms with E-state index in [-0.39, 0.29) is 11.8 Å². The van der Waals surface area contributed by atoms with Crippen molar-refractivity contribution < 1.29 is 5.11 Å². The van der Waals surface area contributed by atoms with Crippen molar-refractivity contribution in [2.24, 2.45) is 0 Å². The number of phenols is 1. The Morgan fingerprint density at radius 3 is 2.93 bits per heavy atom. The molecule has 14 heavy (non-hydrogen) atoms. The van der Waals surface area contributed by atoms with Crippen LogP contribution in [-0.4, -0.2) is 11.1 Å². The highest BCUT2D eigenvalue weighted by Crippen LogP contribution is 2.23. The highest BCUT2D eigenvalue weighted by molar-refractivity contribution is 6.32. The molecule has 0 aliphatic rings. The number of hydrogen-bond acceptors (Lipinski definition) is 2. The van der Waals surface area contributed by atoms with Crippen molar-refractivity contribution >= 4 is 11.6 Å². The van der Waals surface area contributed by atoms with E-state index in [1.54, 1.807) is 12.1 Å². The highest BCUT2D eigenvalue weighted by Gasteiger charge is 2.00. The van der Waals surface area contributed by atoms with Crippen LogP contribution in [0.5, 0.6) is 5.75 Å². The Morgan fingerprint density at radius 2 is 2.36 bits per heavy atom. The average molecular weight is 212 g/mol. The number of phenolic OH excluding ortho intramolecular Hbond substituents is 1. The first kappa shape index (κ1) is 11.1. The first-order valence-electron chi connectivity index (χ1n) is 4.47. The number of benzene rings is 1. The fraction of sp³-hybridized carbons (Fsp3) is 0.273. The summed E-state index contributed by atoms with van der Waals surface area (Å²) in [6, 6.07) is 5.45. The molecule has 0 saturated heterocycles. The summed E-state index contributed by atoms with van der Waals surface area (Å²) in [6.07, 6.45) is 1.84. The summed E-state index contributed by atoms with van der Waals surface area (Å²) < 4.78 is 0. The smallest absolute Gasteiger partial charge is 0.134 e. The maximum absolute atomic E-state index is 9.20. The summed E-state index contributed by atoms with van der Waals surface area (Å²) >= 11 is 5.77. The molecule has 0 aromatic heterocycles. The molecule has 1 aromatic rings. The average Bonchev–Trinajstić information content (AvgIpc) is 2.19. The fourth-order valence-corrected chi connectivity index (χ4v) is 1.23. The number of hydrogen-bond donors (Lipinski definition) is 2. The van der Waals surface area contributed by atoms with Crippen molar-refractivity contribution in [3.63, 3.8) is 0 Å². The normalized spacial score (nSPS) is 12.4. The second kappa shape index (κ2) is 5.03. The van der Waals surface area contributed by atoms with E-state index in [9.17, 15) is 5.11 Å². The molecule has 0 radical (unpaired) electrons. The van der Waals surface area contributed by atoms with E-state index < -0.39 is 0 Å². The maximum Gasteiger partial charge on any atom is 0.134 e. The molecule has 76 valence electrons. The summed E-state index contributed by atoms with van der Waals surface area (Å²) in [6.45, 7) is 6.41. The summed E-state index contributed by atoms with van der Waals surface area (Å²) in [7, 11) is 0. The number of nitrogens with one attached hydrogen (secondary N) is 1. The van der Waals surface area contributed by atoms with Gasteiger partial charge in [-0.2, -0.15) is 0 Å². The van der Waals surface area contributed by atoms with E-state index in [0.717, 1.165) is 5.56 Å². The molecule has 0 aliphatic carbocycles. The van der Waals surface area contributed by atoms with Gasteiger partial charge in [0, 0.05) is 12.6 Å². The minimum Gasteiger partial charge on any atom is -0.506 e. The van der Waals surface area contributed by atoms with Crippen LogP contribution in [0.25, 0.3) is 0 Å². The van der Waals surface area contributed by atoms with Crippen LogP contribution in [-0.2, 0) is 6.54 Å². The molecule has 2 nitrogen and oxygen atoms in total. The fourth-order valence-electron chi connectivity index (χ4n) is 1.02. The van der Waals surface area contributed by atoms with Gasteiger partial charge < -0.3 is 10.4 Å². The lowest BCUT2D eigenvalue weighted by Gasteiger charge is -2.09. The second-order valence-electron chi connectivity index (χ2n) is 3.19. The third-order valence-electron chi connectivity index (χ3n) is 1.99. The standard InChI is InChI=1S/C11H14ClNO/c1-3-8(2)13-7-9-4-5-11(14)10(12)6-9/h3-6,8,13-14H,1,7H2,2H3. The Labute approximate surface area is 89.2 Å². The maximum atomic E-state index is 9.20. The SMILES string of the molecule is C=CC(C)NCc1ccc(O)c(Cl)c1. The molecule has 0 saturated carbocycles. The van der Waals surface area contributed by atoms with E-state index in [1.165, 1.54) is 0 Å². The molecule has 3 heteroatoms. The molecule has 0 spiro atoms. The Balaban J connectivity index is 2.59. The van der Waals surface area contributed by atoms with Crippen molar-refractivity contribution in [3.05, 3.63) is 41.4 Å². The first-order chi connectivity index (χ1) is 6.63. The summed E-state index contributed by atoms with van der Waals surface area (Å²) in [5.74, 6) is 0.118. The molecule has 0 heterocycles. The largest absolute Gasteiger partial charge is 0.506 e. The van der Waals surface area contributed by atoms with Crippen LogP contribution in [0.4, 0.5) is 0 Å². The molecule has 0 bridgehead atoms. The molecule has 1 atom stereocenters. The summed E-state index contributed by atoms with van der Waals surface area (Å²) in [5.41, 5.74) is 1.04. The van der Waals surface area contributed by atoms with Crippen LogP contribution in [0.3, 0.4) is 0 Å². The van der Waals surface area contributed by atoms with Crippen molar-refractivity contribution in [2.45, 2.75) is 19.5 Å². The van der Waals surface area contributed by atoms with Gasteiger partial charge in [0.2, 0.25) is 0 Å². The van der Waals surface area contributed by atoms with Gasteiger partial charge in [-0.3, -0.25) is 0 Å². The molecule has 1 unspecified atom stereocenters. The molecule has 2 N–H and O–H groups in total. The van der Waals surface area contributed by atoms with Gasteiger partial charge in [0.15, 0.2) is 0 Å². The Bertz CT molecular complexity index is 325. The van der Waals surface area contributed by atoms with E-state index in [2.05, 4.69) is 11.9 Å². The third-order valence-corrected chi connectivity index (χ3v) is 2.30. The first-order valence-corrected chi connectivity index (χ1v) is 4.84. The topological polar surface area (TPSA) is 32.3 Å². The Morgan fingerprint density at radius 1 is 1.64 bits per heavy atom. The Kier molecular flexibility index (Phi) is 3.98. The van der Waals surface area contributed by atoms with Gasteiger partial charge in [0.25, 0.3) is 0 Å². The predicted octanol–water partition coefficient (Wildman–Crippen LogP) is 2.71. The zero-order valence-corrected chi connectivity index (χ0v) is 8.88. The van der Waals surface area contributed by atoms with Gasteiger partial charge in [-0.1, -0.05) is 23.7 Å². The van der Waals surface area contributed by atoms with Crippen LogP contribution in [0.2, 0.25) is 5.02 Å². The van der Waals surface area contributed by atoms with Crippen molar-refractivity contribution in [1.82, 2.24) is 5.32 Å². The van der Waals surface area contributed by atoms with E-state index in [4.69, 9.17) is 11.6 Å². The monoisotopic (exact) mass is 211 g/mol. The predicted molar refractivity (Wildman–Crippen MR) is 59.6 cm³/mol. The molecule has 0 aliphatic heterocycles. The lowest BCUT2D eigenvalue weighted by Crippen LogP contribution is -2.22. The minimum absolute atomic E-state index is 0.118. The van der Waals surface area contributed by atoms with Crippen molar-refractivity contribution in [3.8, 4) is 5.75 Å². The van der Waals surface area contributed by atoms with E-state index in [0.29, 0.717) is 11.6 Å². The van der Waals surface area contributed by atoms with Gasteiger partial charge in [-0.25, -0.2) is 0 Å². The van der Waals surface area contributed by atoms with Crippen molar-refractivity contribution in [1.29, 1.82) is 0 Å². The minimum atomic E-state index is 0.118. The summed E-state index contributed by atoms with van der Waals surface area (Å²) in [4.78, 5) is 0. The molecular weight excluding hydrogens is 198 g/mol. The lowest BCUT2D eigenvalue weighted by molar-refractivity contribution is 0.475. The van der Waals surface area contributed by atoms with Crippen LogP contribution < -0.4 is 5.32 Å². The van der Waals surface area contributed by atoms with E-state index >= 15 is 0 Å². The van der Waals surface area contributed by atoms with Gasteiger partial charge in [-0.05, 0) is 24.6 Å². The van der Waals surface area contributed by atoms with Gasteiger partial charge in [0.1, 0.15) is 5.75 Å². The molecular formula is C11H14ClNO. The molecule has 0 fully saturated rings.